The number of likely N-dealkylation sites (tertiary alicyclic amines) is 1. The van der Waals surface area contributed by atoms with Gasteiger partial charge in [-0.2, -0.15) is 0 Å². The van der Waals surface area contributed by atoms with Gasteiger partial charge in [0.2, 0.25) is 0 Å². The largest absolute Gasteiger partial charge is 0.307 e. The van der Waals surface area contributed by atoms with E-state index in [0.717, 1.165) is 5.92 Å². The summed E-state index contributed by atoms with van der Waals surface area (Å²) in [5.41, 5.74) is 0. The molecule has 1 aliphatic rings. The number of nitrogens with zero attached hydrogens (tertiary/aromatic N) is 2. The lowest BCUT2D eigenvalue weighted by Gasteiger charge is -2.29. The minimum absolute atomic E-state index is 0.858. The summed E-state index contributed by atoms with van der Waals surface area (Å²) in [4.78, 5) is 5.06. The van der Waals surface area contributed by atoms with Crippen molar-refractivity contribution >= 4 is 0 Å². The second-order valence-electron chi connectivity index (χ2n) is 5.15. The molecular formula is C13H28N2. The Morgan fingerprint density at radius 1 is 1.20 bits per heavy atom. The van der Waals surface area contributed by atoms with Gasteiger partial charge in [0, 0.05) is 6.54 Å². The predicted molar refractivity (Wildman–Crippen MR) is 67.2 cm³/mol. The molecule has 0 N–H and O–H groups in total. The molecule has 0 bridgehead atoms. The molecule has 1 aliphatic heterocycles. The fourth-order valence-electron chi connectivity index (χ4n) is 2.27. The molecule has 2 heteroatoms. The van der Waals surface area contributed by atoms with E-state index in [1.807, 2.05) is 0 Å². The molecule has 0 aromatic rings. The van der Waals surface area contributed by atoms with Crippen LogP contribution in [0.15, 0.2) is 0 Å². The zero-order valence-electron chi connectivity index (χ0n) is 10.8. The van der Waals surface area contributed by atoms with Crippen LogP contribution in [0.3, 0.4) is 0 Å². The van der Waals surface area contributed by atoms with Gasteiger partial charge in [-0.3, -0.25) is 0 Å². The van der Waals surface area contributed by atoms with Crippen molar-refractivity contribution < 1.29 is 0 Å². The molecule has 1 fully saturated rings. The molecule has 0 spiro atoms. The Labute approximate surface area is 95.6 Å². The molecule has 0 aliphatic carbocycles. The quantitative estimate of drug-likeness (QED) is 0.667. The fourth-order valence-corrected chi connectivity index (χ4v) is 2.27. The molecule has 0 saturated carbocycles. The molecule has 1 rings (SSSR count). The van der Waals surface area contributed by atoms with Crippen LogP contribution in [0.2, 0.25) is 0 Å². The number of piperidine rings is 1. The van der Waals surface area contributed by atoms with E-state index >= 15 is 0 Å². The third kappa shape index (κ3) is 5.53. The molecular weight excluding hydrogens is 184 g/mol. The third-order valence-electron chi connectivity index (χ3n) is 3.56. The second-order valence-corrected chi connectivity index (χ2v) is 5.15. The first-order chi connectivity index (χ1) is 7.22. The van der Waals surface area contributed by atoms with Gasteiger partial charge in [-0.15, -0.1) is 0 Å². The van der Waals surface area contributed by atoms with Crippen LogP contribution in [0, 0.1) is 5.92 Å². The van der Waals surface area contributed by atoms with Gasteiger partial charge in [-0.05, 0) is 58.4 Å². The van der Waals surface area contributed by atoms with Gasteiger partial charge < -0.3 is 9.80 Å². The van der Waals surface area contributed by atoms with Crippen molar-refractivity contribution in [3.8, 4) is 0 Å². The van der Waals surface area contributed by atoms with Crippen LogP contribution in [0.1, 0.15) is 39.5 Å². The number of hydrogen-bond acceptors (Lipinski definition) is 2. The third-order valence-corrected chi connectivity index (χ3v) is 3.56. The van der Waals surface area contributed by atoms with Crippen LogP contribution in [-0.4, -0.2) is 49.6 Å². The first-order valence-corrected chi connectivity index (χ1v) is 6.63. The van der Waals surface area contributed by atoms with E-state index in [1.54, 1.807) is 0 Å². The summed E-state index contributed by atoms with van der Waals surface area (Å²) >= 11 is 0. The normalized spacial score (nSPS) is 20.8. The van der Waals surface area contributed by atoms with Crippen molar-refractivity contribution in [2.75, 3.05) is 39.8 Å². The monoisotopic (exact) mass is 212 g/mol. The maximum absolute atomic E-state index is 2.65. The van der Waals surface area contributed by atoms with Crippen LogP contribution in [-0.2, 0) is 0 Å². The lowest BCUT2D eigenvalue weighted by molar-refractivity contribution is 0.189. The highest BCUT2D eigenvalue weighted by molar-refractivity contribution is 4.68. The summed E-state index contributed by atoms with van der Waals surface area (Å²) in [5, 5.41) is 0. The second kappa shape index (κ2) is 7.24. The molecule has 1 heterocycles. The van der Waals surface area contributed by atoms with Crippen molar-refractivity contribution in [2.45, 2.75) is 39.5 Å². The van der Waals surface area contributed by atoms with Gasteiger partial charge in [0.25, 0.3) is 0 Å². The predicted octanol–water partition coefficient (Wildman–Crippen LogP) is 2.45. The maximum Gasteiger partial charge on any atom is 0.000749 e. The van der Waals surface area contributed by atoms with E-state index in [4.69, 9.17) is 0 Å². The van der Waals surface area contributed by atoms with Gasteiger partial charge in [-0.1, -0.05) is 20.3 Å². The summed E-state index contributed by atoms with van der Waals surface area (Å²) in [6, 6.07) is 0. The molecule has 0 aromatic carbocycles. The Morgan fingerprint density at radius 3 is 2.47 bits per heavy atom. The van der Waals surface area contributed by atoms with Crippen molar-refractivity contribution in [1.82, 2.24) is 9.80 Å². The molecule has 1 saturated heterocycles. The van der Waals surface area contributed by atoms with Crippen molar-refractivity contribution in [1.29, 1.82) is 0 Å². The van der Waals surface area contributed by atoms with Crippen LogP contribution >= 0.6 is 0 Å². The smallest absolute Gasteiger partial charge is 0.000749 e. The summed E-state index contributed by atoms with van der Waals surface area (Å²) in [7, 11) is 2.22. The summed E-state index contributed by atoms with van der Waals surface area (Å²) < 4.78 is 0. The van der Waals surface area contributed by atoms with Crippen LogP contribution in [0.25, 0.3) is 0 Å². The topological polar surface area (TPSA) is 6.48 Å². The SMILES string of the molecule is CCN(C)CCC(C)CN1CCCCC1. The molecule has 2 nitrogen and oxygen atoms in total. The standard InChI is InChI=1S/C13H28N2/c1-4-14(3)11-8-13(2)12-15-9-6-5-7-10-15/h13H,4-12H2,1-3H3. The zero-order chi connectivity index (χ0) is 11.1. The van der Waals surface area contributed by atoms with Gasteiger partial charge >= 0.3 is 0 Å². The average molecular weight is 212 g/mol. The Balaban J connectivity index is 2.08. The van der Waals surface area contributed by atoms with Crippen molar-refractivity contribution in [2.24, 2.45) is 5.92 Å². The Hall–Kier alpha value is -0.0800. The van der Waals surface area contributed by atoms with E-state index in [2.05, 4.69) is 30.7 Å². The van der Waals surface area contributed by atoms with Gasteiger partial charge in [0.05, 0.1) is 0 Å². The van der Waals surface area contributed by atoms with Crippen LogP contribution in [0.5, 0.6) is 0 Å². The molecule has 90 valence electrons. The number of hydrogen-bond donors (Lipinski definition) is 0. The minimum Gasteiger partial charge on any atom is -0.307 e. The molecule has 15 heavy (non-hydrogen) atoms. The van der Waals surface area contributed by atoms with E-state index in [1.165, 1.54) is 58.4 Å². The Kier molecular flexibility index (Phi) is 6.26. The minimum atomic E-state index is 0.858. The molecule has 1 unspecified atom stereocenters. The van der Waals surface area contributed by atoms with E-state index < -0.39 is 0 Å². The summed E-state index contributed by atoms with van der Waals surface area (Å²) in [5.74, 6) is 0.858. The zero-order valence-corrected chi connectivity index (χ0v) is 10.8. The number of rotatable bonds is 6. The summed E-state index contributed by atoms with van der Waals surface area (Å²) in [6.07, 6.45) is 5.63. The lowest BCUT2D eigenvalue weighted by atomic mass is 10.0. The summed E-state index contributed by atoms with van der Waals surface area (Å²) in [6.45, 7) is 11.1. The van der Waals surface area contributed by atoms with Crippen molar-refractivity contribution in [3.63, 3.8) is 0 Å². The lowest BCUT2D eigenvalue weighted by Crippen LogP contribution is -2.34. The Bertz CT molecular complexity index is 153. The highest BCUT2D eigenvalue weighted by Crippen LogP contribution is 2.12. The van der Waals surface area contributed by atoms with Gasteiger partial charge in [-0.25, -0.2) is 0 Å². The van der Waals surface area contributed by atoms with E-state index in [9.17, 15) is 0 Å². The molecule has 0 aromatic heterocycles. The maximum atomic E-state index is 2.65. The van der Waals surface area contributed by atoms with Gasteiger partial charge in [0.1, 0.15) is 0 Å². The highest BCUT2D eigenvalue weighted by Gasteiger charge is 2.13. The first-order valence-electron chi connectivity index (χ1n) is 6.63. The molecule has 0 radical (unpaired) electrons. The highest BCUT2D eigenvalue weighted by atomic mass is 15.1. The van der Waals surface area contributed by atoms with Crippen molar-refractivity contribution in [3.05, 3.63) is 0 Å². The Morgan fingerprint density at radius 2 is 1.87 bits per heavy atom. The first kappa shape index (κ1) is 13.0. The van der Waals surface area contributed by atoms with Crippen LogP contribution in [0.4, 0.5) is 0 Å². The van der Waals surface area contributed by atoms with Gasteiger partial charge in [0.15, 0.2) is 0 Å². The van der Waals surface area contributed by atoms with E-state index in [-0.39, 0.29) is 0 Å². The fraction of sp³-hybridized carbons (Fsp3) is 1.00. The van der Waals surface area contributed by atoms with E-state index in [0.29, 0.717) is 0 Å². The van der Waals surface area contributed by atoms with Crippen LogP contribution < -0.4 is 0 Å². The molecule has 1 atom stereocenters. The molecule has 0 amide bonds. The average Bonchev–Trinajstić information content (AvgIpc) is 2.27.